The molecule has 2 aromatic rings. The third-order valence-corrected chi connectivity index (χ3v) is 4.33. The maximum atomic E-state index is 12.4. The van der Waals surface area contributed by atoms with Crippen molar-refractivity contribution in [1.82, 2.24) is 25.1 Å². The molecule has 0 spiro atoms. The Kier molecular flexibility index (Phi) is 6.09. The Balaban J connectivity index is 1.41. The summed E-state index contributed by atoms with van der Waals surface area (Å²) in [6, 6.07) is 10.3. The standard InChI is InChI=1S/C19H21N5O3/c25-17(7-10-22-18(26)15-5-1-3-8-20-15)23-11-13-24(14-12-23)19(27)16-6-2-4-9-21-16/h1-6,8-9H,7,10-14H2,(H,22,26). The van der Waals surface area contributed by atoms with Gasteiger partial charge in [0.25, 0.3) is 11.8 Å². The van der Waals surface area contributed by atoms with E-state index in [0.29, 0.717) is 37.6 Å². The van der Waals surface area contributed by atoms with Crippen LogP contribution in [-0.4, -0.2) is 70.2 Å². The molecule has 0 aromatic carbocycles. The summed E-state index contributed by atoms with van der Waals surface area (Å²) in [4.78, 5) is 48.0. The summed E-state index contributed by atoms with van der Waals surface area (Å²) in [6.45, 7) is 2.15. The van der Waals surface area contributed by atoms with Crippen molar-refractivity contribution in [3.05, 3.63) is 60.2 Å². The molecule has 0 radical (unpaired) electrons. The maximum absolute atomic E-state index is 12.4. The van der Waals surface area contributed by atoms with Crippen molar-refractivity contribution in [1.29, 1.82) is 0 Å². The molecular weight excluding hydrogens is 346 g/mol. The number of carbonyl (C=O) groups excluding carboxylic acids is 3. The van der Waals surface area contributed by atoms with E-state index >= 15 is 0 Å². The minimum Gasteiger partial charge on any atom is -0.350 e. The number of nitrogens with one attached hydrogen (secondary N) is 1. The van der Waals surface area contributed by atoms with Crippen LogP contribution in [0.1, 0.15) is 27.4 Å². The van der Waals surface area contributed by atoms with E-state index in [1.54, 1.807) is 58.6 Å². The van der Waals surface area contributed by atoms with Gasteiger partial charge in [0.1, 0.15) is 11.4 Å². The molecule has 0 unspecified atom stereocenters. The summed E-state index contributed by atoms with van der Waals surface area (Å²) in [5.74, 6) is -0.458. The Morgan fingerprint density at radius 3 is 2.04 bits per heavy atom. The summed E-state index contributed by atoms with van der Waals surface area (Å²) in [7, 11) is 0. The zero-order valence-corrected chi connectivity index (χ0v) is 14.9. The van der Waals surface area contributed by atoms with E-state index in [0.717, 1.165) is 0 Å². The molecule has 1 aliphatic heterocycles. The van der Waals surface area contributed by atoms with E-state index in [1.165, 1.54) is 0 Å². The van der Waals surface area contributed by atoms with Gasteiger partial charge >= 0.3 is 0 Å². The average molecular weight is 367 g/mol. The Morgan fingerprint density at radius 1 is 0.852 bits per heavy atom. The number of amides is 3. The van der Waals surface area contributed by atoms with Crippen molar-refractivity contribution in [3.8, 4) is 0 Å². The van der Waals surface area contributed by atoms with E-state index in [2.05, 4.69) is 15.3 Å². The molecule has 3 heterocycles. The lowest BCUT2D eigenvalue weighted by molar-refractivity contribution is -0.132. The van der Waals surface area contributed by atoms with Crippen LogP contribution in [0.25, 0.3) is 0 Å². The van der Waals surface area contributed by atoms with Gasteiger partial charge in [-0.1, -0.05) is 12.1 Å². The highest BCUT2D eigenvalue weighted by Crippen LogP contribution is 2.08. The monoisotopic (exact) mass is 367 g/mol. The van der Waals surface area contributed by atoms with Crippen LogP contribution in [0.5, 0.6) is 0 Å². The molecular formula is C19H21N5O3. The fraction of sp³-hybridized carbons (Fsp3) is 0.316. The van der Waals surface area contributed by atoms with Crippen LogP contribution in [-0.2, 0) is 4.79 Å². The third-order valence-electron chi connectivity index (χ3n) is 4.33. The van der Waals surface area contributed by atoms with Gasteiger partial charge in [-0.3, -0.25) is 24.4 Å². The number of pyridine rings is 2. The molecule has 8 heteroatoms. The number of hydrogen-bond acceptors (Lipinski definition) is 5. The van der Waals surface area contributed by atoms with Gasteiger partial charge < -0.3 is 15.1 Å². The molecule has 0 atom stereocenters. The smallest absolute Gasteiger partial charge is 0.272 e. The highest BCUT2D eigenvalue weighted by Gasteiger charge is 2.25. The fourth-order valence-electron chi connectivity index (χ4n) is 2.84. The first-order valence-corrected chi connectivity index (χ1v) is 8.82. The second kappa shape index (κ2) is 8.88. The molecule has 1 aliphatic rings. The van der Waals surface area contributed by atoms with Gasteiger partial charge in [0.15, 0.2) is 0 Å². The van der Waals surface area contributed by atoms with Crippen LogP contribution in [0.4, 0.5) is 0 Å². The van der Waals surface area contributed by atoms with Crippen molar-refractivity contribution in [2.45, 2.75) is 6.42 Å². The van der Waals surface area contributed by atoms with Crippen molar-refractivity contribution < 1.29 is 14.4 Å². The van der Waals surface area contributed by atoms with Crippen LogP contribution < -0.4 is 5.32 Å². The summed E-state index contributed by atoms with van der Waals surface area (Å²) in [5.41, 5.74) is 0.737. The topological polar surface area (TPSA) is 95.5 Å². The molecule has 3 amide bonds. The third kappa shape index (κ3) is 4.87. The lowest BCUT2D eigenvalue weighted by atomic mass is 10.2. The molecule has 140 valence electrons. The zero-order valence-electron chi connectivity index (χ0n) is 14.9. The maximum Gasteiger partial charge on any atom is 0.272 e. The lowest BCUT2D eigenvalue weighted by Gasteiger charge is -2.34. The highest BCUT2D eigenvalue weighted by atomic mass is 16.2. The van der Waals surface area contributed by atoms with Gasteiger partial charge in [0.05, 0.1) is 0 Å². The number of piperazine rings is 1. The van der Waals surface area contributed by atoms with E-state index in [4.69, 9.17) is 0 Å². The highest BCUT2D eigenvalue weighted by molar-refractivity contribution is 5.93. The minimum atomic E-state index is -0.297. The van der Waals surface area contributed by atoms with Gasteiger partial charge in [-0.15, -0.1) is 0 Å². The van der Waals surface area contributed by atoms with Crippen LogP contribution >= 0.6 is 0 Å². The predicted octanol–water partition coefficient (Wildman–Crippen LogP) is 0.581. The molecule has 1 saturated heterocycles. The van der Waals surface area contributed by atoms with Gasteiger partial charge in [-0.25, -0.2) is 0 Å². The summed E-state index contributed by atoms with van der Waals surface area (Å²) < 4.78 is 0. The second-order valence-electron chi connectivity index (χ2n) is 6.11. The first-order chi connectivity index (χ1) is 13.1. The van der Waals surface area contributed by atoms with Gasteiger partial charge in [-0.2, -0.15) is 0 Å². The second-order valence-corrected chi connectivity index (χ2v) is 6.11. The molecule has 27 heavy (non-hydrogen) atoms. The zero-order chi connectivity index (χ0) is 19.1. The molecule has 2 aromatic heterocycles. The molecule has 0 bridgehead atoms. The summed E-state index contributed by atoms with van der Waals surface area (Å²) >= 11 is 0. The number of aromatic nitrogens is 2. The number of rotatable bonds is 5. The van der Waals surface area contributed by atoms with Gasteiger partial charge in [0, 0.05) is 51.5 Å². The van der Waals surface area contributed by atoms with E-state index in [1.807, 2.05) is 0 Å². The Labute approximate surface area is 157 Å². The SMILES string of the molecule is O=C(NCCC(=O)N1CCN(C(=O)c2ccccn2)CC1)c1ccccn1. The van der Waals surface area contributed by atoms with Crippen LogP contribution in [0.3, 0.4) is 0 Å². The van der Waals surface area contributed by atoms with Gasteiger partial charge in [0.2, 0.25) is 5.91 Å². The van der Waals surface area contributed by atoms with Crippen LogP contribution in [0.2, 0.25) is 0 Å². The van der Waals surface area contributed by atoms with Crippen LogP contribution in [0, 0.1) is 0 Å². The van der Waals surface area contributed by atoms with Crippen LogP contribution in [0.15, 0.2) is 48.8 Å². The normalized spacial score (nSPS) is 13.9. The lowest BCUT2D eigenvalue weighted by Crippen LogP contribution is -2.51. The molecule has 1 fully saturated rings. The molecule has 0 saturated carbocycles. The van der Waals surface area contributed by atoms with Gasteiger partial charge in [-0.05, 0) is 24.3 Å². The average Bonchev–Trinajstić information content (AvgIpc) is 2.74. The first-order valence-electron chi connectivity index (χ1n) is 8.82. The summed E-state index contributed by atoms with van der Waals surface area (Å²) in [5, 5.41) is 2.70. The Hall–Kier alpha value is -3.29. The van der Waals surface area contributed by atoms with E-state index in [-0.39, 0.29) is 30.7 Å². The quantitative estimate of drug-likeness (QED) is 0.834. The number of hydrogen-bond donors (Lipinski definition) is 1. The largest absolute Gasteiger partial charge is 0.350 e. The molecule has 8 nitrogen and oxygen atoms in total. The predicted molar refractivity (Wildman–Crippen MR) is 97.9 cm³/mol. The van der Waals surface area contributed by atoms with Crippen molar-refractivity contribution in [2.75, 3.05) is 32.7 Å². The molecule has 1 N–H and O–H groups in total. The number of carbonyl (C=O) groups is 3. The van der Waals surface area contributed by atoms with Crippen molar-refractivity contribution >= 4 is 17.7 Å². The Bertz CT molecular complexity index is 790. The molecule has 3 rings (SSSR count). The summed E-state index contributed by atoms with van der Waals surface area (Å²) in [6.07, 6.45) is 3.35. The van der Waals surface area contributed by atoms with Crippen molar-refractivity contribution in [2.24, 2.45) is 0 Å². The van der Waals surface area contributed by atoms with E-state index < -0.39 is 0 Å². The van der Waals surface area contributed by atoms with Crippen molar-refractivity contribution in [3.63, 3.8) is 0 Å². The number of nitrogens with zero attached hydrogens (tertiary/aromatic N) is 4. The minimum absolute atomic E-state index is 0.0405. The molecule has 0 aliphatic carbocycles. The fourth-order valence-corrected chi connectivity index (χ4v) is 2.84. The Morgan fingerprint density at radius 2 is 1.44 bits per heavy atom. The first kappa shape index (κ1) is 18.5. The van der Waals surface area contributed by atoms with E-state index in [9.17, 15) is 14.4 Å².